The molecule has 0 saturated heterocycles. The van der Waals surface area contributed by atoms with Gasteiger partial charge in [0.25, 0.3) is 17.7 Å². The van der Waals surface area contributed by atoms with E-state index in [2.05, 4.69) is 5.32 Å². The van der Waals surface area contributed by atoms with E-state index in [0.29, 0.717) is 29.2 Å². The molecule has 9 nitrogen and oxygen atoms in total. The number of esters is 2. The van der Waals surface area contributed by atoms with Crippen molar-refractivity contribution in [1.82, 2.24) is 4.90 Å². The predicted octanol–water partition coefficient (Wildman–Crippen LogP) is 5.03. The molecule has 0 radical (unpaired) electrons. The summed E-state index contributed by atoms with van der Waals surface area (Å²) in [6.45, 7) is 2.70. The van der Waals surface area contributed by atoms with Crippen LogP contribution in [0.25, 0.3) is 0 Å². The van der Waals surface area contributed by atoms with Crippen molar-refractivity contribution >= 4 is 81.8 Å². The second-order valence-electron chi connectivity index (χ2n) is 7.53. The molecule has 1 aliphatic heterocycles. The zero-order valence-electron chi connectivity index (χ0n) is 18.8. The number of hydrogen-bond donors (Lipinski definition) is 1. The van der Waals surface area contributed by atoms with Crippen LogP contribution in [0.5, 0.6) is 0 Å². The Morgan fingerprint density at radius 1 is 0.889 bits per heavy atom. The molecule has 0 bridgehead atoms. The van der Waals surface area contributed by atoms with Gasteiger partial charge in [0.2, 0.25) is 0 Å². The van der Waals surface area contributed by atoms with Crippen molar-refractivity contribution in [2.75, 3.05) is 18.5 Å². The number of fused-ring (bicyclic) bond motifs is 1. The third-order valence-corrected chi connectivity index (χ3v) is 6.85. The average molecular weight is 576 g/mol. The van der Waals surface area contributed by atoms with Crippen molar-refractivity contribution in [3.63, 3.8) is 0 Å². The lowest BCUT2D eigenvalue weighted by atomic mass is 10.1. The maximum Gasteiger partial charge on any atom is 0.338 e. The molecular weight excluding hydrogens is 558 g/mol. The minimum absolute atomic E-state index is 0.206. The lowest BCUT2D eigenvalue weighted by molar-refractivity contribution is -0.150. The summed E-state index contributed by atoms with van der Waals surface area (Å²) < 4.78 is 10.00. The smallest absolute Gasteiger partial charge is 0.338 e. The van der Waals surface area contributed by atoms with Crippen molar-refractivity contribution in [3.8, 4) is 0 Å². The van der Waals surface area contributed by atoms with Gasteiger partial charge in [0.05, 0.1) is 43.4 Å². The van der Waals surface area contributed by atoms with Gasteiger partial charge in [0.15, 0.2) is 6.61 Å². The first kappa shape index (κ1) is 27.7. The summed E-state index contributed by atoms with van der Waals surface area (Å²) in [5.41, 5.74) is 0.0981. The van der Waals surface area contributed by atoms with E-state index in [0.717, 1.165) is 0 Å². The summed E-state index contributed by atoms with van der Waals surface area (Å²) in [4.78, 5) is 62.8. The molecule has 3 rings (SSSR count). The summed E-state index contributed by atoms with van der Waals surface area (Å²) >= 11 is 24.1. The van der Waals surface area contributed by atoms with Gasteiger partial charge in [-0.1, -0.05) is 53.3 Å². The first-order valence-electron chi connectivity index (χ1n) is 10.5. The second-order valence-corrected chi connectivity index (χ2v) is 9.04. The van der Waals surface area contributed by atoms with Gasteiger partial charge in [-0.2, -0.15) is 0 Å². The number of hydrogen-bond acceptors (Lipinski definition) is 7. The normalized spacial score (nSPS) is 13.3. The Morgan fingerprint density at radius 2 is 1.42 bits per heavy atom. The van der Waals surface area contributed by atoms with Crippen LogP contribution in [0.1, 0.15) is 51.3 Å². The molecule has 0 saturated carbocycles. The third kappa shape index (κ3) is 5.44. The topological polar surface area (TPSA) is 119 Å². The van der Waals surface area contributed by atoms with Gasteiger partial charge >= 0.3 is 11.9 Å². The van der Waals surface area contributed by atoms with Gasteiger partial charge in [0, 0.05) is 5.69 Å². The molecule has 36 heavy (non-hydrogen) atoms. The van der Waals surface area contributed by atoms with E-state index in [-0.39, 0.29) is 31.2 Å². The monoisotopic (exact) mass is 574 g/mol. The van der Waals surface area contributed by atoms with Crippen molar-refractivity contribution in [2.45, 2.75) is 26.3 Å². The molecule has 1 aliphatic rings. The minimum atomic E-state index is -1.41. The molecule has 1 heterocycles. The van der Waals surface area contributed by atoms with Crippen LogP contribution in [0.4, 0.5) is 5.69 Å². The zero-order valence-corrected chi connectivity index (χ0v) is 21.8. The summed E-state index contributed by atoms with van der Waals surface area (Å²) in [7, 11) is 0. The van der Waals surface area contributed by atoms with Crippen LogP contribution in [0, 0.1) is 0 Å². The molecule has 1 N–H and O–H groups in total. The summed E-state index contributed by atoms with van der Waals surface area (Å²) in [5.74, 6) is -4.03. The van der Waals surface area contributed by atoms with Crippen molar-refractivity contribution in [2.24, 2.45) is 0 Å². The Labute approximate surface area is 225 Å². The Kier molecular flexibility index (Phi) is 8.84. The average Bonchev–Trinajstić information content (AvgIpc) is 3.12. The zero-order chi connectivity index (χ0) is 26.7. The number of halogens is 4. The molecule has 0 aliphatic carbocycles. The van der Waals surface area contributed by atoms with Gasteiger partial charge in [0.1, 0.15) is 6.04 Å². The van der Waals surface area contributed by atoms with E-state index in [1.165, 1.54) is 31.2 Å². The first-order chi connectivity index (χ1) is 17.0. The van der Waals surface area contributed by atoms with Crippen LogP contribution >= 0.6 is 46.4 Å². The molecular formula is C23H18Cl4N2O7. The van der Waals surface area contributed by atoms with Crippen molar-refractivity contribution in [3.05, 3.63) is 61.0 Å². The predicted molar refractivity (Wildman–Crippen MR) is 133 cm³/mol. The highest BCUT2D eigenvalue weighted by molar-refractivity contribution is 6.55. The lowest BCUT2D eigenvalue weighted by Gasteiger charge is -2.20. The summed E-state index contributed by atoms with van der Waals surface area (Å²) in [6.07, 6.45) is 0.689. The summed E-state index contributed by atoms with van der Waals surface area (Å²) in [6, 6.07) is 4.49. The Morgan fingerprint density at radius 3 is 1.92 bits per heavy atom. The number of imide groups is 1. The fraction of sp³-hybridized carbons (Fsp3) is 0.261. The number of nitrogens with zero attached hydrogens (tertiary/aromatic N) is 1. The van der Waals surface area contributed by atoms with Crippen LogP contribution < -0.4 is 5.32 Å². The minimum Gasteiger partial charge on any atom is -0.462 e. The van der Waals surface area contributed by atoms with Crippen molar-refractivity contribution < 1.29 is 33.4 Å². The van der Waals surface area contributed by atoms with Crippen LogP contribution in [-0.2, 0) is 19.1 Å². The van der Waals surface area contributed by atoms with Gasteiger partial charge in [-0.05, 0) is 37.6 Å². The quantitative estimate of drug-likeness (QED) is 0.203. The number of rotatable bonds is 8. The van der Waals surface area contributed by atoms with Crippen LogP contribution in [0.15, 0.2) is 24.3 Å². The maximum atomic E-state index is 12.8. The molecule has 0 unspecified atom stereocenters. The molecule has 0 fully saturated rings. The molecule has 3 amide bonds. The van der Waals surface area contributed by atoms with E-state index >= 15 is 0 Å². The van der Waals surface area contributed by atoms with E-state index in [1.807, 2.05) is 6.92 Å². The number of carbonyl (C=O) groups excluding carboxylic acids is 5. The van der Waals surface area contributed by atoms with Gasteiger partial charge < -0.3 is 14.8 Å². The standard InChI is InChI=1S/C23H18Cl4N2O7/c1-3-8-35-23(34)11-4-6-12(7-5-11)28-13(30)9-36-22(33)10(2)29-20(31)14-15(21(29)32)17(25)19(27)18(26)16(14)24/h4-7,10H,3,8-9H2,1-2H3,(H,28,30)/t10-/m1/s1. The van der Waals surface area contributed by atoms with E-state index in [4.69, 9.17) is 55.9 Å². The number of benzene rings is 2. The van der Waals surface area contributed by atoms with E-state index < -0.39 is 42.3 Å². The van der Waals surface area contributed by atoms with Crippen molar-refractivity contribution in [1.29, 1.82) is 0 Å². The third-order valence-electron chi connectivity index (χ3n) is 5.05. The fourth-order valence-electron chi connectivity index (χ4n) is 3.25. The largest absolute Gasteiger partial charge is 0.462 e. The Hall–Kier alpha value is -2.85. The maximum absolute atomic E-state index is 12.8. The first-order valence-corrected chi connectivity index (χ1v) is 12.0. The van der Waals surface area contributed by atoms with Gasteiger partial charge in [-0.15, -0.1) is 0 Å². The van der Waals surface area contributed by atoms with E-state index in [1.54, 1.807) is 0 Å². The van der Waals surface area contributed by atoms with Crippen LogP contribution in [-0.4, -0.2) is 53.8 Å². The molecule has 2 aromatic carbocycles. The Balaban J connectivity index is 1.61. The highest BCUT2D eigenvalue weighted by Crippen LogP contribution is 2.45. The number of nitrogens with one attached hydrogen (secondary N) is 1. The van der Waals surface area contributed by atoms with Crippen LogP contribution in [0.2, 0.25) is 20.1 Å². The van der Waals surface area contributed by atoms with Gasteiger partial charge in [-0.25, -0.2) is 9.59 Å². The number of ether oxygens (including phenoxy) is 2. The molecule has 1 atom stereocenters. The van der Waals surface area contributed by atoms with E-state index in [9.17, 15) is 24.0 Å². The number of anilines is 1. The number of amides is 3. The molecule has 190 valence electrons. The highest BCUT2D eigenvalue weighted by Gasteiger charge is 2.45. The molecule has 0 spiro atoms. The SMILES string of the molecule is CCCOC(=O)c1ccc(NC(=O)COC(=O)[C@@H](C)N2C(=O)c3c(Cl)c(Cl)c(Cl)c(Cl)c3C2=O)cc1. The lowest BCUT2D eigenvalue weighted by Crippen LogP contribution is -2.44. The molecule has 0 aromatic heterocycles. The number of carbonyl (C=O) groups is 5. The molecule has 13 heteroatoms. The Bertz CT molecular complexity index is 1220. The second kappa shape index (κ2) is 11.5. The molecule has 2 aromatic rings. The van der Waals surface area contributed by atoms with Crippen LogP contribution in [0.3, 0.4) is 0 Å². The van der Waals surface area contributed by atoms with Gasteiger partial charge in [-0.3, -0.25) is 19.3 Å². The summed E-state index contributed by atoms with van der Waals surface area (Å²) in [5, 5.41) is 1.54. The fourth-order valence-corrected chi connectivity index (χ4v) is 4.26. The highest BCUT2D eigenvalue weighted by atomic mass is 35.5.